The highest BCUT2D eigenvalue weighted by Gasteiger charge is 2.33. The Balaban J connectivity index is 1.33. The number of rotatable bonds is 8. The molecule has 0 atom stereocenters. The molecule has 0 bridgehead atoms. The molecule has 2 heterocycles. The van der Waals surface area contributed by atoms with Crippen LogP contribution in [0.2, 0.25) is 0 Å². The zero-order valence-electron chi connectivity index (χ0n) is 22.1. The van der Waals surface area contributed by atoms with Crippen molar-refractivity contribution in [2.75, 3.05) is 58.2 Å². The lowest BCUT2D eigenvalue weighted by Gasteiger charge is -2.31. The Morgan fingerprint density at radius 2 is 1.42 bits per heavy atom. The highest BCUT2D eigenvalue weighted by Crippen LogP contribution is 2.28. The summed E-state index contributed by atoms with van der Waals surface area (Å²) in [6.07, 6.45) is 0.799. The molecule has 2 aromatic carbocycles. The maximum Gasteiger partial charge on any atom is 0.243 e. The largest absolute Gasteiger partial charge is 0.494 e. The fourth-order valence-electron chi connectivity index (χ4n) is 4.74. The number of piperazine rings is 1. The van der Waals surface area contributed by atoms with Crippen LogP contribution in [0.5, 0.6) is 5.75 Å². The van der Waals surface area contributed by atoms with Crippen LogP contribution in [0.3, 0.4) is 0 Å². The summed E-state index contributed by atoms with van der Waals surface area (Å²) >= 11 is 0. The molecule has 2 fully saturated rings. The van der Waals surface area contributed by atoms with Gasteiger partial charge in [-0.3, -0.25) is 4.79 Å². The van der Waals surface area contributed by atoms with Gasteiger partial charge in [0.05, 0.1) is 16.4 Å². The van der Waals surface area contributed by atoms with Crippen molar-refractivity contribution < 1.29 is 26.4 Å². The zero-order chi connectivity index (χ0) is 27.5. The molecule has 2 aliphatic heterocycles. The number of nitrogens with one attached hydrogen (secondary N) is 1. The molecule has 10 nitrogen and oxygen atoms in total. The molecule has 0 aliphatic carbocycles. The minimum atomic E-state index is -3.67. The molecule has 12 heteroatoms. The van der Waals surface area contributed by atoms with Gasteiger partial charge in [0.15, 0.2) is 0 Å². The third-order valence-corrected chi connectivity index (χ3v) is 10.9. The van der Waals surface area contributed by atoms with Crippen LogP contribution in [-0.4, -0.2) is 89.2 Å². The van der Waals surface area contributed by atoms with Crippen LogP contribution in [0, 0.1) is 12.8 Å². The van der Waals surface area contributed by atoms with Gasteiger partial charge in [0, 0.05) is 50.9 Å². The highest BCUT2D eigenvalue weighted by atomic mass is 32.2. The Labute approximate surface area is 225 Å². The molecule has 1 amide bonds. The number of nitrogens with zero attached hydrogens (tertiary/aromatic N) is 3. The predicted octanol–water partition coefficient (Wildman–Crippen LogP) is 2.37. The van der Waals surface area contributed by atoms with E-state index in [1.165, 1.54) is 20.7 Å². The molecule has 2 aromatic rings. The molecule has 0 aromatic heterocycles. The first-order valence-electron chi connectivity index (χ1n) is 12.9. The molecular weight excluding hydrogens is 528 g/mol. The standard InChI is InChI=1S/C26H36N4O6S2/c1-4-36-25-10-9-24(19-20(25)2)38(34,35)29-13-11-21(12-14-29)26(31)27-22-5-7-23(8-6-22)37(32,33)30-17-15-28(3)16-18-30/h5-10,19,21H,4,11-18H2,1-3H3,(H,27,31). The molecule has 0 saturated carbocycles. The number of carbonyl (C=O) groups excluding carboxylic acids is 1. The van der Waals surface area contributed by atoms with Crippen molar-refractivity contribution in [2.45, 2.75) is 36.5 Å². The second-order valence-corrected chi connectivity index (χ2v) is 13.6. The average Bonchev–Trinajstić information content (AvgIpc) is 2.90. The van der Waals surface area contributed by atoms with E-state index in [0.29, 0.717) is 57.1 Å². The molecule has 4 rings (SSSR count). The topological polar surface area (TPSA) is 116 Å². The van der Waals surface area contributed by atoms with Crippen molar-refractivity contribution in [1.82, 2.24) is 13.5 Å². The molecule has 2 saturated heterocycles. The lowest BCUT2D eigenvalue weighted by Crippen LogP contribution is -2.46. The van der Waals surface area contributed by atoms with Crippen LogP contribution in [0.25, 0.3) is 0 Å². The predicted molar refractivity (Wildman–Crippen MR) is 145 cm³/mol. The number of benzene rings is 2. The number of ether oxygens (including phenoxy) is 1. The van der Waals surface area contributed by atoms with Gasteiger partial charge in [-0.25, -0.2) is 16.8 Å². The van der Waals surface area contributed by atoms with E-state index in [2.05, 4.69) is 10.2 Å². The number of hydrogen-bond acceptors (Lipinski definition) is 7. The summed E-state index contributed by atoms with van der Waals surface area (Å²) in [4.78, 5) is 15.4. The zero-order valence-corrected chi connectivity index (χ0v) is 23.7. The molecule has 38 heavy (non-hydrogen) atoms. The number of piperidine rings is 1. The molecule has 1 N–H and O–H groups in total. The molecule has 0 unspecified atom stereocenters. The molecule has 0 spiro atoms. The Morgan fingerprint density at radius 3 is 2.00 bits per heavy atom. The van der Waals surface area contributed by atoms with Gasteiger partial charge in [-0.15, -0.1) is 0 Å². The number of hydrogen-bond donors (Lipinski definition) is 1. The summed E-state index contributed by atoms with van der Waals surface area (Å²) in [5.41, 5.74) is 1.26. The molecule has 0 radical (unpaired) electrons. The number of aryl methyl sites for hydroxylation is 1. The maximum absolute atomic E-state index is 13.1. The fraction of sp³-hybridized carbons (Fsp3) is 0.500. The van der Waals surface area contributed by atoms with E-state index in [4.69, 9.17) is 4.74 Å². The van der Waals surface area contributed by atoms with Gasteiger partial charge in [0.1, 0.15) is 5.75 Å². The minimum absolute atomic E-state index is 0.197. The van der Waals surface area contributed by atoms with Crippen molar-refractivity contribution in [3.8, 4) is 5.75 Å². The van der Waals surface area contributed by atoms with E-state index >= 15 is 0 Å². The minimum Gasteiger partial charge on any atom is -0.494 e. The van der Waals surface area contributed by atoms with Crippen LogP contribution in [-0.2, 0) is 24.8 Å². The van der Waals surface area contributed by atoms with Crippen molar-refractivity contribution in [2.24, 2.45) is 5.92 Å². The van der Waals surface area contributed by atoms with Gasteiger partial charge in [-0.2, -0.15) is 8.61 Å². The molecule has 2 aliphatic rings. The molecular formula is C26H36N4O6S2. The van der Waals surface area contributed by atoms with Gasteiger partial charge in [-0.05, 0) is 81.8 Å². The van der Waals surface area contributed by atoms with E-state index in [9.17, 15) is 21.6 Å². The number of sulfonamides is 2. The first-order chi connectivity index (χ1) is 18.0. The number of likely N-dealkylation sites (N-methyl/N-ethyl adjacent to an activating group) is 1. The van der Waals surface area contributed by atoms with Gasteiger partial charge >= 0.3 is 0 Å². The van der Waals surface area contributed by atoms with Crippen LogP contribution in [0.4, 0.5) is 5.69 Å². The van der Waals surface area contributed by atoms with Crippen LogP contribution in [0.1, 0.15) is 25.3 Å². The van der Waals surface area contributed by atoms with Crippen molar-refractivity contribution in [1.29, 1.82) is 0 Å². The second kappa shape index (κ2) is 11.7. The van der Waals surface area contributed by atoms with Gasteiger partial charge in [-0.1, -0.05) is 0 Å². The Hall–Kier alpha value is -2.51. The average molecular weight is 565 g/mol. The van der Waals surface area contributed by atoms with E-state index < -0.39 is 20.0 Å². The van der Waals surface area contributed by atoms with Crippen LogP contribution in [0.15, 0.2) is 52.3 Å². The highest BCUT2D eigenvalue weighted by molar-refractivity contribution is 7.89. The first-order valence-corrected chi connectivity index (χ1v) is 15.7. The maximum atomic E-state index is 13.1. The third-order valence-electron chi connectivity index (χ3n) is 7.13. The Morgan fingerprint density at radius 1 is 0.868 bits per heavy atom. The quantitative estimate of drug-likeness (QED) is 0.523. The number of carbonyl (C=O) groups is 1. The lowest BCUT2D eigenvalue weighted by atomic mass is 9.97. The van der Waals surface area contributed by atoms with Crippen LogP contribution >= 0.6 is 0 Å². The van der Waals surface area contributed by atoms with E-state index in [0.717, 1.165) is 5.56 Å². The normalized spacial score (nSPS) is 18.8. The summed E-state index contributed by atoms with van der Waals surface area (Å²) in [7, 11) is -5.29. The molecule has 208 valence electrons. The third kappa shape index (κ3) is 6.20. The second-order valence-electron chi connectivity index (χ2n) is 9.76. The number of amides is 1. The SMILES string of the molecule is CCOc1ccc(S(=O)(=O)N2CCC(C(=O)Nc3ccc(S(=O)(=O)N4CCN(C)CC4)cc3)CC2)cc1C. The Bertz CT molecular complexity index is 1350. The fourth-order valence-corrected chi connectivity index (χ4v) is 7.72. The smallest absolute Gasteiger partial charge is 0.243 e. The first kappa shape index (κ1) is 28.5. The van der Waals surface area contributed by atoms with E-state index in [1.54, 1.807) is 30.3 Å². The summed E-state index contributed by atoms with van der Waals surface area (Å²) in [5.74, 6) is 0.123. The summed E-state index contributed by atoms with van der Waals surface area (Å²) in [5, 5.41) is 2.85. The Kier molecular flexibility index (Phi) is 8.78. The summed E-state index contributed by atoms with van der Waals surface area (Å²) < 4.78 is 60.5. The summed E-state index contributed by atoms with van der Waals surface area (Å²) in [6.45, 7) is 6.95. The van der Waals surface area contributed by atoms with Crippen molar-refractivity contribution >= 4 is 31.6 Å². The lowest BCUT2D eigenvalue weighted by molar-refractivity contribution is -0.120. The van der Waals surface area contributed by atoms with E-state index in [-0.39, 0.29) is 34.7 Å². The van der Waals surface area contributed by atoms with Crippen LogP contribution < -0.4 is 10.1 Å². The van der Waals surface area contributed by atoms with Crippen molar-refractivity contribution in [3.05, 3.63) is 48.0 Å². The van der Waals surface area contributed by atoms with E-state index in [1.807, 2.05) is 20.9 Å². The van der Waals surface area contributed by atoms with Gasteiger partial charge in [0.25, 0.3) is 0 Å². The number of anilines is 1. The van der Waals surface area contributed by atoms with Crippen molar-refractivity contribution in [3.63, 3.8) is 0 Å². The summed E-state index contributed by atoms with van der Waals surface area (Å²) in [6, 6.07) is 11.1. The monoisotopic (exact) mass is 564 g/mol. The van der Waals surface area contributed by atoms with Gasteiger partial charge < -0.3 is 15.0 Å². The van der Waals surface area contributed by atoms with Gasteiger partial charge in [0.2, 0.25) is 26.0 Å².